The number of aryl methyl sites for hydroxylation is 1. The second kappa shape index (κ2) is 11.0. The minimum Gasteiger partial charge on any atom is -0.488 e. The number of benzene rings is 2. The number of esters is 1. The summed E-state index contributed by atoms with van der Waals surface area (Å²) in [5.41, 5.74) is 3.89. The van der Waals surface area contributed by atoms with Crippen molar-refractivity contribution in [2.45, 2.75) is 65.0 Å². The molecule has 1 unspecified atom stereocenters. The number of ether oxygens (including phenoxy) is 3. The Labute approximate surface area is 224 Å². The molecular weight excluding hydrogens is 485 g/mol. The summed E-state index contributed by atoms with van der Waals surface area (Å²) < 4.78 is 16.4. The van der Waals surface area contributed by atoms with E-state index in [1.807, 2.05) is 19.1 Å². The molecule has 198 valence electrons. The van der Waals surface area contributed by atoms with Gasteiger partial charge in [-0.05, 0) is 80.7 Å². The number of nitrogens with zero attached hydrogens (tertiary/aromatic N) is 1. The van der Waals surface area contributed by atoms with E-state index in [9.17, 15) is 19.2 Å². The van der Waals surface area contributed by atoms with Crippen LogP contribution < -0.4 is 4.74 Å². The predicted octanol–water partition coefficient (Wildman–Crippen LogP) is 4.70. The SMILES string of the molecule is [B]C1CCc2cc3c(cc2C1=O)OCc1cc(C(=O)COC(=O)CN(CCC)C(=O)OC(C)(C)C)ccc1-3. The maximum absolute atomic E-state index is 12.8. The molecule has 9 heteroatoms. The fourth-order valence-corrected chi connectivity index (χ4v) is 4.60. The Hall–Kier alpha value is -3.62. The zero-order chi connectivity index (χ0) is 27.6. The zero-order valence-corrected chi connectivity index (χ0v) is 22.3. The zero-order valence-electron chi connectivity index (χ0n) is 22.3. The molecule has 2 aliphatic rings. The largest absolute Gasteiger partial charge is 0.488 e. The fourth-order valence-electron chi connectivity index (χ4n) is 4.60. The lowest BCUT2D eigenvalue weighted by atomic mass is 9.71. The quantitative estimate of drug-likeness (QED) is 0.298. The van der Waals surface area contributed by atoms with Crippen molar-refractivity contribution in [3.8, 4) is 16.9 Å². The van der Waals surface area contributed by atoms with Gasteiger partial charge in [-0.25, -0.2) is 4.79 Å². The van der Waals surface area contributed by atoms with Crippen LogP contribution in [0.2, 0.25) is 5.82 Å². The summed E-state index contributed by atoms with van der Waals surface area (Å²) in [6.07, 6.45) is 1.36. The maximum Gasteiger partial charge on any atom is 0.410 e. The van der Waals surface area contributed by atoms with Crippen molar-refractivity contribution in [2.24, 2.45) is 0 Å². The van der Waals surface area contributed by atoms with Crippen LogP contribution in [0, 0.1) is 0 Å². The van der Waals surface area contributed by atoms with E-state index in [1.165, 1.54) is 4.90 Å². The molecule has 0 spiro atoms. The minimum atomic E-state index is -0.691. The second-order valence-corrected chi connectivity index (χ2v) is 10.7. The summed E-state index contributed by atoms with van der Waals surface area (Å²) >= 11 is 0. The van der Waals surface area contributed by atoms with Crippen molar-refractivity contribution in [1.82, 2.24) is 4.90 Å². The highest BCUT2D eigenvalue weighted by Crippen LogP contribution is 2.42. The van der Waals surface area contributed by atoms with Gasteiger partial charge in [0.05, 0.1) is 7.85 Å². The van der Waals surface area contributed by atoms with Crippen LogP contribution in [-0.2, 0) is 27.3 Å². The highest BCUT2D eigenvalue weighted by molar-refractivity contribution is 6.28. The first kappa shape index (κ1) is 27.4. The Morgan fingerprint density at radius 1 is 1.08 bits per heavy atom. The molecule has 0 saturated carbocycles. The Morgan fingerprint density at radius 3 is 2.55 bits per heavy atom. The van der Waals surface area contributed by atoms with Crippen LogP contribution >= 0.6 is 0 Å². The van der Waals surface area contributed by atoms with Crippen molar-refractivity contribution in [1.29, 1.82) is 0 Å². The number of rotatable bonds is 7. The lowest BCUT2D eigenvalue weighted by molar-refractivity contribution is -0.143. The molecule has 4 rings (SSSR count). The Morgan fingerprint density at radius 2 is 1.84 bits per heavy atom. The number of hydrogen-bond acceptors (Lipinski definition) is 7. The maximum atomic E-state index is 12.8. The summed E-state index contributed by atoms with van der Waals surface area (Å²) in [6, 6.07) is 9.02. The molecule has 2 radical (unpaired) electrons. The lowest BCUT2D eigenvalue weighted by Crippen LogP contribution is -2.41. The van der Waals surface area contributed by atoms with Gasteiger partial charge in [0.25, 0.3) is 0 Å². The second-order valence-electron chi connectivity index (χ2n) is 10.7. The van der Waals surface area contributed by atoms with E-state index in [0.717, 1.165) is 28.7 Å². The molecule has 0 bridgehead atoms. The molecule has 0 saturated heterocycles. The molecule has 0 N–H and O–H groups in total. The molecule has 38 heavy (non-hydrogen) atoms. The highest BCUT2D eigenvalue weighted by atomic mass is 16.6. The molecule has 0 aromatic heterocycles. The Balaban J connectivity index is 1.42. The van der Waals surface area contributed by atoms with E-state index in [2.05, 4.69) is 0 Å². The summed E-state index contributed by atoms with van der Waals surface area (Å²) in [4.78, 5) is 51.3. The average Bonchev–Trinajstić information content (AvgIpc) is 2.87. The van der Waals surface area contributed by atoms with Crippen LogP contribution in [0.15, 0.2) is 30.3 Å². The molecule has 8 nitrogen and oxygen atoms in total. The van der Waals surface area contributed by atoms with Crippen LogP contribution in [0.3, 0.4) is 0 Å². The van der Waals surface area contributed by atoms with Gasteiger partial charge in [0.2, 0.25) is 0 Å². The molecule has 0 fully saturated rings. The first-order valence-corrected chi connectivity index (χ1v) is 12.9. The van der Waals surface area contributed by atoms with Crippen LogP contribution in [0.4, 0.5) is 4.79 Å². The molecule has 2 aromatic carbocycles. The van der Waals surface area contributed by atoms with Crippen molar-refractivity contribution in [3.63, 3.8) is 0 Å². The minimum absolute atomic E-state index is 0.0668. The standard InChI is InChI=1S/C29H32BNO7/c1-5-10-31(28(35)38-29(2,3)4)14-26(33)37-16-24(32)18-6-8-20-19(11-18)15-36-25-13-21-17(12-22(20)25)7-9-23(30)27(21)34/h6,8,11-13,23H,5,7,9-10,14-16H2,1-4H3. The third-order valence-corrected chi connectivity index (χ3v) is 6.46. The number of hydrogen-bond donors (Lipinski definition) is 0. The third kappa shape index (κ3) is 6.09. The monoisotopic (exact) mass is 517 g/mol. The fraction of sp³-hybridized carbons (Fsp3) is 0.448. The predicted molar refractivity (Wildman–Crippen MR) is 142 cm³/mol. The van der Waals surface area contributed by atoms with Crippen LogP contribution in [0.5, 0.6) is 5.75 Å². The van der Waals surface area contributed by atoms with Gasteiger partial charge in [0.1, 0.15) is 24.5 Å². The van der Waals surface area contributed by atoms with Gasteiger partial charge in [-0.3, -0.25) is 19.3 Å². The van der Waals surface area contributed by atoms with Gasteiger partial charge < -0.3 is 14.2 Å². The van der Waals surface area contributed by atoms with Gasteiger partial charge in [-0.2, -0.15) is 0 Å². The molecule has 1 aliphatic heterocycles. The van der Waals surface area contributed by atoms with Crippen molar-refractivity contribution < 1.29 is 33.4 Å². The van der Waals surface area contributed by atoms with E-state index in [-0.39, 0.29) is 24.7 Å². The molecule has 2 aromatic rings. The number of amides is 1. The first-order chi connectivity index (χ1) is 18.0. The van der Waals surface area contributed by atoms with Crippen molar-refractivity contribution >= 4 is 31.5 Å². The van der Waals surface area contributed by atoms with Gasteiger partial charge in [0, 0.05) is 23.2 Å². The third-order valence-electron chi connectivity index (χ3n) is 6.46. The Bertz CT molecular complexity index is 1280. The van der Waals surface area contributed by atoms with Gasteiger partial charge >= 0.3 is 12.1 Å². The van der Waals surface area contributed by atoms with E-state index >= 15 is 0 Å². The molecular formula is C29H32BNO7. The normalized spacial score (nSPS) is 15.9. The summed E-state index contributed by atoms with van der Waals surface area (Å²) in [6.45, 7) is 6.95. The summed E-state index contributed by atoms with van der Waals surface area (Å²) in [5, 5.41) is 0. The van der Waals surface area contributed by atoms with Crippen LogP contribution in [-0.4, -0.2) is 61.7 Å². The molecule has 1 atom stereocenters. The van der Waals surface area contributed by atoms with Gasteiger partial charge in [0.15, 0.2) is 18.2 Å². The van der Waals surface area contributed by atoms with E-state index < -0.39 is 30.1 Å². The number of carbonyl (C=O) groups excluding carboxylic acids is 4. The highest BCUT2D eigenvalue weighted by Gasteiger charge is 2.28. The lowest BCUT2D eigenvalue weighted by Gasteiger charge is -2.27. The molecule has 1 amide bonds. The summed E-state index contributed by atoms with van der Waals surface area (Å²) in [5.74, 6) is -0.981. The topological polar surface area (TPSA) is 99.2 Å². The summed E-state index contributed by atoms with van der Waals surface area (Å²) in [7, 11) is 5.93. The number of ketones is 2. The van der Waals surface area contributed by atoms with E-state index in [4.69, 9.17) is 22.1 Å². The number of carbonyl (C=O) groups is 4. The average molecular weight is 517 g/mol. The number of fused-ring (bicyclic) bond motifs is 4. The van der Waals surface area contributed by atoms with Crippen molar-refractivity contribution in [2.75, 3.05) is 19.7 Å². The van der Waals surface area contributed by atoms with Gasteiger partial charge in [-0.1, -0.05) is 19.1 Å². The Kier molecular flexibility index (Phi) is 7.95. The number of Topliss-reactive ketones (excluding diaryl/α,β-unsaturated/α-hetero) is 2. The van der Waals surface area contributed by atoms with Crippen LogP contribution in [0.25, 0.3) is 11.1 Å². The first-order valence-electron chi connectivity index (χ1n) is 12.9. The molecule has 1 aliphatic carbocycles. The van der Waals surface area contributed by atoms with Crippen LogP contribution in [0.1, 0.15) is 72.4 Å². The van der Waals surface area contributed by atoms with E-state index in [1.54, 1.807) is 39.0 Å². The molecule has 1 heterocycles. The van der Waals surface area contributed by atoms with Gasteiger partial charge in [-0.15, -0.1) is 0 Å². The smallest absolute Gasteiger partial charge is 0.410 e. The van der Waals surface area contributed by atoms with Crippen molar-refractivity contribution in [3.05, 3.63) is 52.6 Å². The van der Waals surface area contributed by atoms with E-state index in [0.29, 0.717) is 36.3 Å².